The largest absolute Gasteiger partial charge is 0.493 e. The molecule has 0 atom stereocenters. The third kappa shape index (κ3) is 4.95. The number of hydrogen-bond acceptors (Lipinski definition) is 6. The van der Waals surface area contributed by atoms with Gasteiger partial charge in [0.05, 0.1) is 6.61 Å². The Labute approximate surface area is 175 Å². The summed E-state index contributed by atoms with van der Waals surface area (Å²) in [4.78, 5) is 21.2. The smallest absolute Gasteiger partial charge is 0.226 e. The Hall–Kier alpha value is -3.41. The fourth-order valence-corrected chi connectivity index (χ4v) is 3.32. The minimum absolute atomic E-state index is 0.0345. The van der Waals surface area contributed by atoms with Gasteiger partial charge in [-0.25, -0.2) is 9.97 Å². The van der Waals surface area contributed by atoms with Gasteiger partial charge < -0.3 is 13.9 Å². The van der Waals surface area contributed by atoms with Gasteiger partial charge in [0.2, 0.25) is 11.8 Å². The maximum atomic E-state index is 12.6. The van der Waals surface area contributed by atoms with E-state index >= 15 is 0 Å². The molecule has 154 valence electrons. The molecule has 3 heterocycles. The zero-order chi connectivity index (χ0) is 20.8. The van der Waals surface area contributed by atoms with E-state index in [4.69, 9.17) is 13.9 Å². The highest BCUT2D eigenvalue weighted by molar-refractivity contribution is 5.94. The number of rotatable bonds is 0. The summed E-state index contributed by atoms with van der Waals surface area (Å²) >= 11 is 0. The van der Waals surface area contributed by atoms with Crippen molar-refractivity contribution in [3.63, 3.8) is 0 Å². The van der Waals surface area contributed by atoms with Crippen molar-refractivity contribution >= 4 is 5.78 Å². The van der Waals surface area contributed by atoms with Crippen LogP contribution in [0.4, 0.5) is 0 Å². The van der Waals surface area contributed by atoms with Gasteiger partial charge in [-0.3, -0.25) is 4.79 Å². The fraction of sp³-hybridized carbons (Fsp3) is 0.292. The van der Waals surface area contributed by atoms with Crippen molar-refractivity contribution in [1.82, 2.24) is 9.97 Å². The first kappa shape index (κ1) is 19.9. The van der Waals surface area contributed by atoms with Crippen molar-refractivity contribution in [3.8, 4) is 23.1 Å². The Bertz CT molecular complexity index is 1050. The predicted octanol–water partition coefficient (Wildman–Crippen LogP) is 4.97. The summed E-state index contributed by atoms with van der Waals surface area (Å²) in [6, 6.07) is 9.71. The van der Waals surface area contributed by atoms with Gasteiger partial charge in [0.15, 0.2) is 5.78 Å². The quantitative estimate of drug-likeness (QED) is 0.493. The van der Waals surface area contributed by atoms with E-state index in [1.165, 1.54) is 11.8 Å². The molecule has 4 bridgehead atoms. The van der Waals surface area contributed by atoms with Crippen LogP contribution in [0.1, 0.15) is 40.9 Å². The summed E-state index contributed by atoms with van der Waals surface area (Å²) in [5.74, 6) is 1.70. The van der Waals surface area contributed by atoms with Gasteiger partial charge in [0.25, 0.3) is 0 Å². The maximum absolute atomic E-state index is 12.6. The third-order valence-corrected chi connectivity index (χ3v) is 4.87. The molecule has 0 N–H and O–H groups in total. The van der Waals surface area contributed by atoms with Gasteiger partial charge in [-0.15, -0.1) is 0 Å². The van der Waals surface area contributed by atoms with Crippen LogP contribution >= 0.6 is 0 Å². The first-order chi connectivity index (χ1) is 14.7. The Balaban J connectivity index is 1.56. The molecule has 30 heavy (non-hydrogen) atoms. The minimum atomic E-state index is -0.0345. The highest BCUT2D eigenvalue weighted by Gasteiger charge is 2.15. The molecular weight excluding hydrogens is 380 g/mol. The van der Waals surface area contributed by atoms with E-state index in [0.29, 0.717) is 43.5 Å². The van der Waals surface area contributed by atoms with Gasteiger partial charge in [-0.1, -0.05) is 29.8 Å². The van der Waals surface area contributed by atoms with Gasteiger partial charge >= 0.3 is 0 Å². The number of nitrogens with zero attached hydrogens (tertiary/aromatic N) is 2. The second kappa shape index (κ2) is 9.39. The standard InChI is InChI=1S/C24H24N2O4/c1-17-8-9-22-18(14-17)6-5-7-21(27)20-16-30-24(26-20)19-10-11-25-23(15-19)29-13-4-2-3-12-28-22/h2,4,8-11,14-16H,3,5-7,12-13H2,1H3/b4-2+. The summed E-state index contributed by atoms with van der Waals surface area (Å²) in [7, 11) is 0. The molecule has 0 amide bonds. The Morgan fingerprint density at radius 3 is 2.90 bits per heavy atom. The number of carbonyl (C=O) groups excluding carboxylic acids is 1. The zero-order valence-electron chi connectivity index (χ0n) is 17.0. The fourth-order valence-electron chi connectivity index (χ4n) is 3.32. The number of Topliss-reactive ketones (excluding diaryl/α,β-unsaturated/α-hetero) is 1. The number of oxazole rings is 1. The molecule has 1 aromatic carbocycles. The van der Waals surface area contributed by atoms with Crippen LogP contribution in [0.15, 0.2) is 59.4 Å². The van der Waals surface area contributed by atoms with E-state index in [1.54, 1.807) is 18.3 Å². The van der Waals surface area contributed by atoms with Gasteiger partial charge in [0, 0.05) is 24.2 Å². The number of ketones is 1. The highest BCUT2D eigenvalue weighted by Crippen LogP contribution is 2.24. The second-order valence-corrected chi connectivity index (χ2v) is 7.23. The van der Waals surface area contributed by atoms with E-state index in [2.05, 4.69) is 23.0 Å². The lowest BCUT2D eigenvalue weighted by atomic mass is 10.0. The zero-order valence-corrected chi connectivity index (χ0v) is 17.0. The van der Waals surface area contributed by atoms with E-state index in [1.807, 2.05) is 24.3 Å². The Morgan fingerprint density at radius 2 is 1.97 bits per heavy atom. The van der Waals surface area contributed by atoms with Crippen LogP contribution in [0.25, 0.3) is 11.5 Å². The number of fused-ring (bicyclic) bond motifs is 6. The van der Waals surface area contributed by atoms with Crippen molar-refractivity contribution in [2.75, 3.05) is 13.2 Å². The summed E-state index contributed by atoms with van der Waals surface area (Å²) in [6.07, 6.45) is 9.69. The number of aromatic nitrogens is 2. The predicted molar refractivity (Wildman–Crippen MR) is 113 cm³/mol. The molecule has 0 saturated carbocycles. The molecular formula is C24H24N2O4. The molecule has 3 aromatic rings. The summed E-state index contributed by atoms with van der Waals surface area (Å²) in [5.41, 5.74) is 3.36. The van der Waals surface area contributed by atoms with Crippen LogP contribution in [0.3, 0.4) is 0 Å². The van der Waals surface area contributed by atoms with E-state index < -0.39 is 0 Å². The number of aryl methyl sites for hydroxylation is 2. The molecule has 1 aliphatic rings. The highest BCUT2D eigenvalue weighted by atomic mass is 16.5. The number of carbonyl (C=O) groups is 1. The van der Waals surface area contributed by atoms with Crippen molar-refractivity contribution in [1.29, 1.82) is 0 Å². The number of benzene rings is 1. The molecule has 0 aliphatic carbocycles. The lowest BCUT2D eigenvalue weighted by Gasteiger charge is -2.12. The normalized spacial score (nSPS) is 16.2. The monoisotopic (exact) mass is 404 g/mol. The summed E-state index contributed by atoms with van der Waals surface area (Å²) in [6.45, 7) is 3.05. The molecule has 6 heteroatoms. The average molecular weight is 404 g/mol. The van der Waals surface area contributed by atoms with Crippen LogP contribution in [0.2, 0.25) is 0 Å². The first-order valence-electron chi connectivity index (χ1n) is 10.1. The Morgan fingerprint density at radius 1 is 1.03 bits per heavy atom. The van der Waals surface area contributed by atoms with Crippen molar-refractivity contribution in [2.45, 2.75) is 32.6 Å². The minimum Gasteiger partial charge on any atom is -0.493 e. The molecule has 6 nitrogen and oxygen atoms in total. The number of pyridine rings is 1. The van der Waals surface area contributed by atoms with Crippen LogP contribution < -0.4 is 9.47 Å². The van der Waals surface area contributed by atoms with E-state index in [-0.39, 0.29) is 5.78 Å². The Kier molecular flexibility index (Phi) is 6.23. The SMILES string of the molecule is Cc1ccc2c(c1)CCCC(=O)c1coc(n1)-c1ccnc(c1)OC/C=C/CCO2. The topological polar surface area (TPSA) is 74.5 Å². The molecule has 0 spiro atoms. The van der Waals surface area contributed by atoms with E-state index in [0.717, 1.165) is 29.7 Å². The van der Waals surface area contributed by atoms with E-state index in [9.17, 15) is 4.79 Å². The van der Waals surface area contributed by atoms with Crippen LogP contribution in [-0.2, 0) is 6.42 Å². The molecule has 0 unspecified atom stereocenters. The molecule has 0 radical (unpaired) electrons. The number of ether oxygens (including phenoxy) is 2. The van der Waals surface area contributed by atoms with Crippen LogP contribution in [0.5, 0.6) is 11.6 Å². The van der Waals surface area contributed by atoms with Crippen LogP contribution in [-0.4, -0.2) is 29.0 Å². The molecule has 1 aliphatic heterocycles. The first-order valence-corrected chi connectivity index (χ1v) is 10.1. The average Bonchev–Trinajstić information content (AvgIpc) is 3.24. The molecule has 0 fully saturated rings. The van der Waals surface area contributed by atoms with Gasteiger partial charge in [0.1, 0.15) is 24.3 Å². The third-order valence-electron chi connectivity index (χ3n) is 4.87. The summed E-state index contributed by atoms with van der Waals surface area (Å²) in [5, 5.41) is 0. The maximum Gasteiger partial charge on any atom is 0.226 e. The molecule has 0 saturated heterocycles. The van der Waals surface area contributed by atoms with Crippen molar-refractivity contribution < 1.29 is 18.7 Å². The van der Waals surface area contributed by atoms with Gasteiger partial charge in [-0.05, 0) is 43.9 Å². The van der Waals surface area contributed by atoms with Gasteiger partial charge in [-0.2, -0.15) is 0 Å². The lowest BCUT2D eigenvalue weighted by Crippen LogP contribution is -2.03. The molecule has 4 rings (SSSR count). The molecule has 2 aromatic heterocycles. The lowest BCUT2D eigenvalue weighted by molar-refractivity contribution is 0.0975. The van der Waals surface area contributed by atoms with Crippen LogP contribution in [0, 0.1) is 6.92 Å². The second-order valence-electron chi connectivity index (χ2n) is 7.23. The van der Waals surface area contributed by atoms with Crippen molar-refractivity contribution in [3.05, 3.63) is 71.8 Å². The summed E-state index contributed by atoms with van der Waals surface area (Å²) < 4.78 is 17.2. The number of hydrogen-bond donors (Lipinski definition) is 0. The van der Waals surface area contributed by atoms with Crippen molar-refractivity contribution in [2.24, 2.45) is 0 Å².